The Balaban J connectivity index is 2.49. The van der Waals surface area contributed by atoms with Crippen molar-refractivity contribution in [3.8, 4) is 11.5 Å². The molecule has 0 radical (unpaired) electrons. The predicted molar refractivity (Wildman–Crippen MR) is 83.3 cm³/mol. The van der Waals surface area contributed by atoms with E-state index >= 15 is 0 Å². The largest absolute Gasteiger partial charge is 0.496 e. The zero-order valence-electron chi connectivity index (χ0n) is 11.5. The van der Waals surface area contributed by atoms with E-state index < -0.39 is 5.41 Å². The molecular weight excluding hydrogens is 392 g/mol. The highest BCUT2D eigenvalue weighted by Crippen LogP contribution is 2.42. The lowest BCUT2D eigenvalue weighted by Crippen LogP contribution is -2.25. The molecule has 0 amide bonds. The number of furan rings is 1. The van der Waals surface area contributed by atoms with Crippen molar-refractivity contribution in [3.63, 3.8) is 0 Å². The number of ether oxygens (including phenoxy) is 2. The summed E-state index contributed by atoms with van der Waals surface area (Å²) in [6.07, 6.45) is 0. The fraction of sp³-hybridized carbons (Fsp3) is 0.357. The van der Waals surface area contributed by atoms with E-state index in [0.29, 0.717) is 21.8 Å². The van der Waals surface area contributed by atoms with Gasteiger partial charge in [0.15, 0.2) is 4.67 Å². The summed E-state index contributed by atoms with van der Waals surface area (Å²) in [6.45, 7) is 5.39. The van der Waals surface area contributed by atoms with Gasteiger partial charge in [0.1, 0.15) is 17.1 Å². The number of fused-ring (bicyclic) bond motifs is 1. The Bertz CT molecular complexity index is 668. The molecule has 0 fully saturated rings. The Labute approximate surface area is 133 Å². The molecule has 0 N–H and O–H groups in total. The molecule has 6 heteroatoms. The maximum absolute atomic E-state index is 11.9. The maximum Gasteiger partial charge on any atom is 0.316 e. The van der Waals surface area contributed by atoms with Crippen LogP contribution < -0.4 is 9.47 Å². The van der Waals surface area contributed by atoms with Gasteiger partial charge in [-0.15, -0.1) is 0 Å². The zero-order chi connectivity index (χ0) is 15.1. The van der Waals surface area contributed by atoms with Gasteiger partial charge in [0.25, 0.3) is 0 Å². The minimum Gasteiger partial charge on any atom is -0.496 e. The molecule has 0 saturated heterocycles. The summed E-state index contributed by atoms with van der Waals surface area (Å²) in [5, 5.41) is 0.787. The van der Waals surface area contributed by atoms with E-state index in [9.17, 15) is 4.79 Å². The van der Waals surface area contributed by atoms with Crippen molar-refractivity contribution < 1.29 is 18.7 Å². The molecule has 0 spiro atoms. The Morgan fingerprint density at radius 2 is 1.90 bits per heavy atom. The second kappa shape index (κ2) is 5.41. The van der Waals surface area contributed by atoms with Crippen LogP contribution in [-0.4, -0.2) is 13.1 Å². The van der Waals surface area contributed by atoms with Crippen molar-refractivity contribution >= 4 is 48.8 Å². The Kier molecular flexibility index (Phi) is 4.16. The lowest BCUT2D eigenvalue weighted by atomic mass is 9.97. The Hall–Kier alpha value is -1.01. The standard InChI is InChI=1S/C14H14Br2O4/c1-14(2,3)13(17)19-7-5-8(18-4)10-9(6-7)20-12(16)11(10)15/h5-6H,1-4H3. The van der Waals surface area contributed by atoms with Gasteiger partial charge in [-0.05, 0) is 52.6 Å². The van der Waals surface area contributed by atoms with Crippen LogP contribution in [-0.2, 0) is 4.79 Å². The summed E-state index contributed by atoms with van der Waals surface area (Å²) < 4.78 is 17.6. The van der Waals surface area contributed by atoms with E-state index in [0.717, 1.165) is 9.86 Å². The third kappa shape index (κ3) is 2.86. The Morgan fingerprint density at radius 3 is 2.45 bits per heavy atom. The predicted octanol–water partition coefficient (Wildman–Crippen LogP) is 4.92. The highest BCUT2D eigenvalue weighted by atomic mass is 79.9. The SMILES string of the molecule is COc1cc(OC(=O)C(C)(C)C)cc2oc(Br)c(Br)c12. The number of benzene rings is 1. The van der Waals surface area contributed by atoms with Crippen LogP contribution in [0.15, 0.2) is 25.7 Å². The van der Waals surface area contributed by atoms with Gasteiger partial charge in [-0.1, -0.05) is 0 Å². The van der Waals surface area contributed by atoms with E-state index in [1.165, 1.54) is 0 Å². The molecule has 0 saturated carbocycles. The lowest BCUT2D eigenvalue weighted by Gasteiger charge is -2.16. The summed E-state index contributed by atoms with van der Waals surface area (Å²) >= 11 is 6.72. The molecule has 4 nitrogen and oxygen atoms in total. The van der Waals surface area contributed by atoms with Crippen LogP contribution in [0.5, 0.6) is 11.5 Å². The van der Waals surface area contributed by atoms with Crippen LogP contribution in [0.2, 0.25) is 0 Å². The number of hydrogen-bond donors (Lipinski definition) is 0. The first-order valence-electron chi connectivity index (χ1n) is 5.92. The van der Waals surface area contributed by atoms with E-state index in [-0.39, 0.29) is 5.97 Å². The third-order valence-corrected chi connectivity index (χ3v) is 4.52. The molecule has 0 unspecified atom stereocenters. The van der Waals surface area contributed by atoms with E-state index in [1.54, 1.807) is 40.0 Å². The average Bonchev–Trinajstić information content (AvgIpc) is 2.63. The molecule has 1 aromatic carbocycles. The quantitative estimate of drug-likeness (QED) is 0.525. The summed E-state index contributed by atoms with van der Waals surface area (Å²) in [7, 11) is 1.55. The van der Waals surface area contributed by atoms with Crippen molar-refractivity contribution in [1.29, 1.82) is 0 Å². The number of esters is 1. The summed E-state index contributed by atoms with van der Waals surface area (Å²) in [6, 6.07) is 3.33. The first-order chi connectivity index (χ1) is 9.24. The number of methoxy groups -OCH3 is 1. The smallest absolute Gasteiger partial charge is 0.316 e. The number of carbonyl (C=O) groups excluding carboxylic acids is 1. The number of carbonyl (C=O) groups is 1. The number of rotatable bonds is 2. The van der Waals surface area contributed by atoms with Crippen LogP contribution in [0.1, 0.15) is 20.8 Å². The molecule has 2 rings (SSSR count). The van der Waals surface area contributed by atoms with Gasteiger partial charge in [0, 0.05) is 12.1 Å². The van der Waals surface area contributed by atoms with E-state index in [4.69, 9.17) is 13.9 Å². The van der Waals surface area contributed by atoms with Gasteiger partial charge in [0.2, 0.25) is 0 Å². The van der Waals surface area contributed by atoms with Crippen LogP contribution >= 0.6 is 31.9 Å². The molecule has 0 aliphatic carbocycles. The fourth-order valence-corrected chi connectivity index (χ4v) is 2.43. The molecule has 108 valence electrons. The summed E-state index contributed by atoms with van der Waals surface area (Å²) in [4.78, 5) is 11.9. The van der Waals surface area contributed by atoms with Crippen molar-refractivity contribution in [2.45, 2.75) is 20.8 Å². The van der Waals surface area contributed by atoms with Gasteiger partial charge in [-0.25, -0.2) is 0 Å². The normalized spacial score (nSPS) is 11.7. The highest BCUT2D eigenvalue weighted by molar-refractivity contribution is 9.13. The van der Waals surface area contributed by atoms with E-state index in [2.05, 4.69) is 31.9 Å². The number of halogens is 2. The topological polar surface area (TPSA) is 48.7 Å². The molecule has 1 heterocycles. The monoisotopic (exact) mass is 404 g/mol. The third-order valence-electron chi connectivity index (χ3n) is 2.67. The second-order valence-electron chi connectivity index (χ2n) is 5.33. The van der Waals surface area contributed by atoms with Gasteiger partial charge >= 0.3 is 5.97 Å². The number of hydrogen-bond acceptors (Lipinski definition) is 4. The van der Waals surface area contributed by atoms with E-state index in [1.807, 2.05) is 0 Å². The maximum atomic E-state index is 11.9. The molecule has 1 aromatic heterocycles. The minimum absolute atomic E-state index is 0.316. The minimum atomic E-state index is -0.577. The van der Waals surface area contributed by atoms with Gasteiger partial charge in [-0.2, -0.15) is 0 Å². The Morgan fingerprint density at radius 1 is 1.25 bits per heavy atom. The summed E-state index contributed by atoms with van der Waals surface area (Å²) in [5.74, 6) is 0.646. The van der Waals surface area contributed by atoms with Crippen LogP contribution in [0, 0.1) is 5.41 Å². The van der Waals surface area contributed by atoms with Crippen LogP contribution in [0.25, 0.3) is 11.0 Å². The molecule has 0 aliphatic heterocycles. The van der Waals surface area contributed by atoms with Crippen molar-refractivity contribution in [3.05, 3.63) is 21.3 Å². The molecule has 0 aliphatic rings. The highest BCUT2D eigenvalue weighted by Gasteiger charge is 2.25. The molecular formula is C14H14Br2O4. The molecule has 20 heavy (non-hydrogen) atoms. The van der Waals surface area contributed by atoms with Crippen LogP contribution in [0.3, 0.4) is 0 Å². The van der Waals surface area contributed by atoms with Gasteiger partial charge < -0.3 is 13.9 Å². The lowest BCUT2D eigenvalue weighted by molar-refractivity contribution is -0.142. The van der Waals surface area contributed by atoms with Crippen molar-refractivity contribution in [2.75, 3.05) is 7.11 Å². The van der Waals surface area contributed by atoms with Crippen LogP contribution in [0.4, 0.5) is 0 Å². The summed E-state index contributed by atoms with van der Waals surface area (Å²) in [5.41, 5.74) is -0.00759. The first kappa shape index (κ1) is 15.4. The van der Waals surface area contributed by atoms with Crippen molar-refractivity contribution in [2.24, 2.45) is 5.41 Å². The molecule has 0 bridgehead atoms. The molecule has 2 aromatic rings. The van der Waals surface area contributed by atoms with Gasteiger partial charge in [0.05, 0.1) is 22.4 Å². The van der Waals surface area contributed by atoms with Crippen molar-refractivity contribution in [1.82, 2.24) is 0 Å². The average molecular weight is 406 g/mol. The molecule has 0 atom stereocenters. The second-order valence-corrected chi connectivity index (χ2v) is 6.84. The van der Waals surface area contributed by atoms with Gasteiger partial charge in [-0.3, -0.25) is 4.79 Å². The first-order valence-corrected chi connectivity index (χ1v) is 7.50. The zero-order valence-corrected chi connectivity index (χ0v) is 14.7. The fourth-order valence-electron chi connectivity index (χ4n) is 1.58.